The van der Waals surface area contributed by atoms with Crippen LogP contribution in [0.2, 0.25) is 0 Å². The average molecular weight is 425 g/mol. The largest absolute Gasteiger partial charge is 0.443 e. The van der Waals surface area contributed by atoms with Crippen molar-refractivity contribution in [1.29, 1.82) is 5.26 Å². The van der Waals surface area contributed by atoms with Crippen LogP contribution in [0.5, 0.6) is 0 Å². The van der Waals surface area contributed by atoms with Gasteiger partial charge in [-0.3, -0.25) is 4.79 Å². The molecule has 1 aliphatic heterocycles. The molecule has 32 heavy (non-hydrogen) atoms. The lowest BCUT2D eigenvalue weighted by atomic mass is 9.83. The van der Waals surface area contributed by atoms with Gasteiger partial charge in [-0.25, -0.2) is 9.69 Å². The first kappa shape index (κ1) is 21.1. The molecule has 0 saturated heterocycles. The molecule has 0 fully saturated rings. The second-order valence-electron chi connectivity index (χ2n) is 8.57. The van der Waals surface area contributed by atoms with Crippen molar-refractivity contribution in [2.75, 3.05) is 10.2 Å². The van der Waals surface area contributed by atoms with Crippen LogP contribution in [0.15, 0.2) is 78.9 Å². The van der Waals surface area contributed by atoms with Crippen molar-refractivity contribution < 1.29 is 14.3 Å². The molecule has 4 rings (SSSR count). The van der Waals surface area contributed by atoms with Crippen LogP contribution in [-0.2, 0) is 15.1 Å². The van der Waals surface area contributed by atoms with Crippen LogP contribution in [0.3, 0.4) is 0 Å². The lowest BCUT2D eigenvalue weighted by Crippen LogP contribution is -2.49. The Balaban J connectivity index is 1.90. The molecule has 1 aliphatic rings. The van der Waals surface area contributed by atoms with Crippen molar-refractivity contribution in [3.63, 3.8) is 0 Å². The molecule has 1 atom stereocenters. The fourth-order valence-electron chi connectivity index (χ4n) is 3.87. The van der Waals surface area contributed by atoms with Gasteiger partial charge in [0.2, 0.25) is 0 Å². The van der Waals surface area contributed by atoms with Gasteiger partial charge >= 0.3 is 6.09 Å². The first-order valence-electron chi connectivity index (χ1n) is 10.3. The second-order valence-corrected chi connectivity index (χ2v) is 8.57. The van der Waals surface area contributed by atoms with Crippen LogP contribution in [0.25, 0.3) is 0 Å². The summed E-state index contributed by atoms with van der Waals surface area (Å²) in [6.07, 6.45) is -0.727. The molecule has 6 nitrogen and oxygen atoms in total. The van der Waals surface area contributed by atoms with E-state index in [1.165, 1.54) is 0 Å². The van der Waals surface area contributed by atoms with Gasteiger partial charge in [-0.05, 0) is 56.7 Å². The topological polar surface area (TPSA) is 82.4 Å². The summed E-state index contributed by atoms with van der Waals surface area (Å²) in [5.41, 5.74) is 0.851. The van der Waals surface area contributed by atoms with Gasteiger partial charge in [0.25, 0.3) is 5.91 Å². The Kier molecular flexibility index (Phi) is 5.19. The molecule has 0 radical (unpaired) electrons. The molecule has 3 aromatic carbocycles. The van der Waals surface area contributed by atoms with Gasteiger partial charge in [-0.15, -0.1) is 0 Å². The first-order valence-corrected chi connectivity index (χ1v) is 10.3. The number of amides is 2. The number of nitriles is 1. The van der Waals surface area contributed by atoms with Gasteiger partial charge in [0.05, 0.1) is 17.3 Å². The summed E-state index contributed by atoms with van der Waals surface area (Å²) in [7, 11) is 0. The van der Waals surface area contributed by atoms with Gasteiger partial charge in [0.15, 0.2) is 5.54 Å². The first-order chi connectivity index (χ1) is 15.3. The third kappa shape index (κ3) is 3.58. The Labute approximate surface area is 187 Å². The molecule has 0 aliphatic carbocycles. The van der Waals surface area contributed by atoms with Crippen molar-refractivity contribution in [3.8, 4) is 6.07 Å². The van der Waals surface area contributed by atoms with Gasteiger partial charge in [0.1, 0.15) is 5.60 Å². The minimum atomic E-state index is -1.34. The Morgan fingerprint density at radius 3 is 2.22 bits per heavy atom. The van der Waals surface area contributed by atoms with E-state index in [1.54, 1.807) is 57.2 Å². The molecule has 6 heteroatoms. The standard InChI is InChI=1S/C26H23N3O3/c1-25(2,3)32-24(31)29-22-12-8-7-11-21(22)26(23(29)30,19-9-5-4-6-10-19)28-20-15-13-18(17-27)14-16-20/h4-16,28H,1-3H3/t26-/m1/s1. The van der Waals surface area contributed by atoms with Gasteiger partial charge < -0.3 is 10.1 Å². The Morgan fingerprint density at radius 1 is 0.969 bits per heavy atom. The summed E-state index contributed by atoms with van der Waals surface area (Å²) in [6.45, 7) is 5.28. The number of rotatable bonds is 3. The number of nitrogens with one attached hydrogen (secondary N) is 1. The highest BCUT2D eigenvalue weighted by Gasteiger charge is 2.55. The van der Waals surface area contributed by atoms with E-state index in [1.807, 2.05) is 42.5 Å². The summed E-state index contributed by atoms with van der Waals surface area (Å²) in [6, 6.07) is 25.4. The van der Waals surface area contributed by atoms with Crippen molar-refractivity contribution in [3.05, 3.63) is 95.6 Å². The molecule has 2 amide bonds. The molecule has 0 saturated carbocycles. The molecule has 3 aromatic rings. The van der Waals surface area contributed by atoms with E-state index in [4.69, 9.17) is 10.00 Å². The van der Waals surface area contributed by atoms with Crippen molar-refractivity contribution in [2.24, 2.45) is 0 Å². The normalized spacial score (nSPS) is 17.4. The molecular formula is C26H23N3O3. The average Bonchev–Trinajstić information content (AvgIpc) is 3.02. The highest BCUT2D eigenvalue weighted by Crippen LogP contribution is 2.47. The molecule has 160 valence electrons. The highest BCUT2D eigenvalue weighted by molar-refractivity contribution is 6.23. The van der Waals surface area contributed by atoms with E-state index in [-0.39, 0.29) is 0 Å². The zero-order valence-corrected chi connectivity index (χ0v) is 18.1. The zero-order valence-electron chi connectivity index (χ0n) is 18.1. The van der Waals surface area contributed by atoms with Crippen LogP contribution in [-0.4, -0.2) is 17.6 Å². The molecule has 0 unspecified atom stereocenters. The minimum absolute atomic E-state index is 0.455. The van der Waals surface area contributed by atoms with Crippen LogP contribution >= 0.6 is 0 Å². The summed E-state index contributed by atoms with van der Waals surface area (Å²) >= 11 is 0. The second kappa shape index (κ2) is 7.86. The molecule has 0 bridgehead atoms. The third-order valence-corrected chi connectivity index (χ3v) is 5.20. The highest BCUT2D eigenvalue weighted by atomic mass is 16.6. The predicted octanol–water partition coefficient (Wildman–Crippen LogP) is 5.20. The quantitative estimate of drug-likeness (QED) is 0.624. The fourth-order valence-corrected chi connectivity index (χ4v) is 3.87. The monoisotopic (exact) mass is 425 g/mol. The Morgan fingerprint density at radius 2 is 1.59 bits per heavy atom. The molecule has 1 N–H and O–H groups in total. The maximum atomic E-state index is 14.0. The number of anilines is 2. The SMILES string of the molecule is CC(C)(C)OC(=O)N1C(=O)[C@@](Nc2ccc(C#N)cc2)(c2ccccc2)c2ccccc21. The number of carbonyl (C=O) groups excluding carboxylic acids is 2. The van der Waals surface area contributed by atoms with Crippen LogP contribution in [0.4, 0.5) is 16.2 Å². The van der Waals surface area contributed by atoms with E-state index < -0.39 is 23.1 Å². The Hall–Kier alpha value is -4.11. The maximum Gasteiger partial charge on any atom is 0.421 e. The van der Waals surface area contributed by atoms with Crippen LogP contribution in [0.1, 0.15) is 37.5 Å². The van der Waals surface area contributed by atoms with Gasteiger partial charge in [-0.1, -0.05) is 48.5 Å². The maximum absolute atomic E-state index is 14.0. The number of hydrogen-bond donors (Lipinski definition) is 1. The summed E-state index contributed by atoms with van der Waals surface area (Å²) in [5.74, 6) is -0.455. The smallest absolute Gasteiger partial charge is 0.421 e. The summed E-state index contributed by atoms with van der Waals surface area (Å²) < 4.78 is 5.56. The summed E-state index contributed by atoms with van der Waals surface area (Å²) in [5, 5.41) is 12.5. The molecule has 0 spiro atoms. The number of imide groups is 1. The zero-order chi connectivity index (χ0) is 22.9. The van der Waals surface area contributed by atoms with E-state index >= 15 is 0 Å². The fraction of sp³-hybridized carbons (Fsp3) is 0.192. The van der Waals surface area contributed by atoms with E-state index in [0.717, 1.165) is 4.90 Å². The Bertz CT molecular complexity index is 1210. The summed E-state index contributed by atoms with van der Waals surface area (Å²) in [4.78, 5) is 28.3. The lowest BCUT2D eigenvalue weighted by molar-refractivity contribution is -0.120. The van der Waals surface area contributed by atoms with Crippen molar-refractivity contribution in [2.45, 2.75) is 31.9 Å². The number of carbonyl (C=O) groups is 2. The van der Waals surface area contributed by atoms with Gasteiger partial charge in [0, 0.05) is 11.3 Å². The lowest BCUT2D eigenvalue weighted by Gasteiger charge is -2.32. The van der Waals surface area contributed by atoms with E-state index in [9.17, 15) is 9.59 Å². The van der Waals surface area contributed by atoms with Crippen LogP contribution < -0.4 is 10.2 Å². The van der Waals surface area contributed by atoms with E-state index in [2.05, 4.69) is 11.4 Å². The van der Waals surface area contributed by atoms with Crippen molar-refractivity contribution >= 4 is 23.4 Å². The number of ether oxygens (including phenoxy) is 1. The van der Waals surface area contributed by atoms with Gasteiger partial charge in [-0.2, -0.15) is 5.26 Å². The molecule has 1 heterocycles. The third-order valence-electron chi connectivity index (χ3n) is 5.20. The number of hydrogen-bond acceptors (Lipinski definition) is 5. The number of benzene rings is 3. The number of fused-ring (bicyclic) bond motifs is 1. The van der Waals surface area contributed by atoms with E-state index in [0.29, 0.717) is 28.1 Å². The molecular weight excluding hydrogens is 402 g/mol. The number of nitrogens with zero attached hydrogens (tertiary/aromatic N) is 2. The van der Waals surface area contributed by atoms with Crippen molar-refractivity contribution in [1.82, 2.24) is 0 Å². The minimum Gasteiger partial charge on any atom is -0.443 e. The number of para-hydroxylation sites is 1. The molecule has 0 aromatic heterocycles. The predicted molar refractivity (Wildman–Crippen MR) is 122 cm³/mol. The van der Waals surface area contributed by atoms with Crippen LogP contribution in [0, 0.1) is 11.3 Å².